The molecule has 0 aliphatic heterocycles. The number of halogens is 4. The number of carbonyl (C=O) groups excluding carboxylic acids is 1. The Kier molecular flexibility index (Phi) is 4.48. The van der Waals surface area contributed by atoms with Crippen molar-refractivity contribution in [3.8, 4) is 0 Å². The van der Waals surface area contributed by atoms with Crippen LogP contribution in [0, 0.1) is 0 Å². The van der Waals surface area contributed by atoms with Crippen LogP contribution in [0.15, 0.2) is 0 Å². The number of carbonyl (C=O) groups is 1. The number of amides is 1. The van der Waals surface area contributed by atoms with E-state index in [9.17, 15) is 18.1 Å². The molecule has 66 valence electrons. The molecule has 0 aromatic heterocycles. The monoisotopic (exact) mass is 233 g/mol. The van der Waals surface area contributed by atoms with Crippen molar-refractivity contribution >= 4 is 21.8 Å². The van der Waals surface area contributed by atoms with E-state index in [1.54, 1.807) is 0 Å². The van der Waals surface area contributed by atoms with E-state index in [4.69, 9.17) is 0 Å². The average Bonchev–Trinajstić information content (AvgIpc) is 1.99. The minimum Gasteiger partial charge on any atom is -0.265 e. The van der Waals surface area contributed by atoms with Crippen LogP contribution < -0.4 is 5.54 Å². The van der Waals surface area contributed by atoms with Crippen LogP contribution in [0.1, 0.15) is 12.8 Å². The molecular formula is C5H7BrF3NO. The van der Waals surface area contributed by atoms with Crippen LogP contribution in [0.2, 0.25) is 0 Å². The predicted molar refractivity (Wildman–Crippen MR) is 37.2 cm³/mol. The Hall–Kier alpha value is -0.260. The summed E-state index contributed by atoms with van der Waals surface area (Å²) in [5, 5.41) is 0.363. The molecule has 0 rings (SSSR count). The lowest BCUT2D eigenvalue weighted by Gasteiger charge is -2.10. The summed E-state index contributed by atoms with van der Waals surface area (Å²) in [4.78, 5) is 10.1. The predicted octanol–water partition coefficient (Wildman–Crippen LogP) is 1.80. The quantitative estimate of drug-likeness (QED) is 0.583. The molecule has 0 bridgehead atoms. The molecule has 0 atom stereocenters. The molecule has 0 aromatic carbocycles. The van der Waals surface area contributed by atoms with Crippen molar-refractivity contribution in [1.82, 2.24) is 5.54 Å². The van der Waals surface area contributed by atoms with Gasteiger partial charge in [-0.05, 0) is 6.42 Å². The van der Waals surface area contributed by atoms with Crippen LogP contribution in [0.5, 0.6) is 0 Å². The van der Waals surface area contributed by atoms with Gasteiger partial charge in [0.1, 0.15) is 0 Å². The third-order valence-electron chi connectivity index (χ3n) is 1.04. The Labute approximate surface area is 70.2 Å². The van der Waals surface area contributed by atoms with Gasteiger partial charge < -0.3 is 0 Å². The Morgan fingerprint density at radius 3 is 2.45 bits per heavy atom. The maximum absolute atomic E-state index is 12.3. The average molecular weight is 234 g/mol. The van der Waals surface area contributed by atoms with Crippen LogP contribution >= 0.6 is 15.9 Å². The first kappa shape index (κ1) is 10.7. The summed E-state index contributed by atoms with van der Waals surface area (Å²) in [5.41, 5.74) is 0.410. The second kappa shape index (κ2) is 4.58. The molecule has 0 radical (unpaired) electrons. The van der Waals surface area contributed by atoms with Gasteiger partial charge in [0.25, 0.3) is 0 Å². The van der Waals surface area contributed by atoms with Crippen molar-refractivity contribution in [2.45, 2.75) is 18.8 Å². The molecule has 2 nitrogen and oxygen atoms in total. The van der Waals surface area contributed by atoms with Crippen molar-refractivity contribution in [2.75, 3.05) is 5.33 Å². The van der Waals surface area contributed by atoms with E-state index in [0.29, 0.717) is 10.9 Å². The van der Waals surface area contributed by atoms with Crippen molar-refractivity contribution in [1.29, 1.82) is 0 Å². The minimum atomic E-state index is -3.59. The zero-order valence-corrected chi connectivity index (χ0v) is 7.13. The molecule has 0 aliphatic carbocycles. The first-order valence-corrected chi connectivity index (χ1v) is 4.01. The molecule has 0 fully saturated rings. The summed E-state index contributed by atoms with van der Waals surface area (Å²) in [5.74, 6) is -5.47. The van der Waals surface area contributed by atoms with Crippen LogP contribution in [-0.2, 0) is 4.79 Å². The van der Waals surface area contributed by atoms with Crippen molar-refractivity contribution in [3.05, 3.63) is 0 Å². The van der Waals surface area contributed by atoms with E-state index in [-0.39, 0.29) is 6.42 Å². The molecule has 6 heteroatoms. The van der Waals surface area contributed by atoms with Gasteiger partial charge in [-0.15, -0.1) is 4.48 Å². The molecule has 0 saturated carbocycles. The third-order valence-corrected chi connectivity index (χ3v) is 1.60. The second-order valence-corrected chi connectivity index (χ2v) is 2.71. The number of rotatable bonds is 4. The molecule has 0 aliphatic rings. The standard InChI is InChI=1S/C5H7BrF3NO/c6-3-1-2-5(7,8)4(11)10-9/h1-3H2,(H,10,11). The molecule has 0 aromatic rings. The van der Waals surface area contributed by atoms with E-state index in [1.165, 1.54) is 0 Å². The van der Waals surface area contributed by atoms with Gasteiger partial charge >= 0.3 is 11.8 Å². The van der Waals surface area contributed by atoms with Gasteiger partial charge in [-0.1, -0.05) is 15.9 Å². The highest BCUT2D eigenvalue weighted by atomic mass is 79.9. The highest BCUT2D eigenvalue weighted by Gasteiger charge is 2.37. The Bertz CT molecular complexity index is 142. The smallest absolute Gasteiger partial charge is 0.265 e. The lowest BCUT2D eigenvalue weighted by atomic mass is 10.2. The lowest BCUT2D eigenvalue weighted by Crippen LogP contribution is -2.36. The molecular weight excluding hydrogens is 227 g/mol. The summed E-state index contributed by atoms with van der Waals surface area (Å²) >= 11 is 2.91. The van der Waals surface area contributed by atoms with E-state index in [1.807, 2.05) is 0 Å². The topological polar surface area (TPSA) is 29.1 Å². The highest BCUT2D eigenvalue weighted by molar-refractivity contribution is 9.09. The Morgan fingerprint density at radius 1 is 1.55 bits per heavy atom. The van der Waals surface area contributed by atoms with Crippen molar-refractivity contribution in [3.63, 3.8) is 0 Å². The zero-order valence-electron chi connectivity index (χ0n) is 5.54. The zero-order chi connectivity index (χ0) is 8.91. The molecule has 0 unspecified atom stereocenters. The Balaban J connectivity index is 3.88. The van der Waals surface area contributed by atoms with Gasteiger partial charge in [0, 0.05) is 11.8 Å². The van der Waals surface area contributed by atoms with Gasteiger partial charge in [0.2, 0.25) is 0 Å². The van der Waals surface area contributed by atoms with Crippen LogP contribution in [0.25, 0.3) is 0 Å². The van der Waals surface area contributed by atoms with E-state index in [2.05, 4.69) is 15.9 Å². The molecule has 1 N–H and O–H groups in total. The molecule has 1 amide bonds. The maximum Gasteiger partial charge on any atom is 0.327 e. The molecule has 0 spiro atoms. The van der Waals surface area contributed by atoms with Crippen LogP contribution in [0.3, 0.4) is 0 Å². The number of nitrogens with one attached hydrogen (secondary N) is 1. The SMILES string of the molecule is O=C(NF)C(F)(F)CCCBr. The van der Waals surface area contributed by atoms with Crippen molar-refractivity contribution < 1.29 is 18.1 Å². The van der Waals surface area contributed by atoms with Gasteiger partial charge in [-0.3, -0.25) is 4.79 Å². The fourth-order valence-corrected chi connectivity index (χ4v) is 0.752. The Morgan fingerprint density at radius 2 is 2.09 bits per heavy atom. The number of alkyl halides is 3. The molecule has 0 heterocycles. The van der Waals surface area contributed by atoms with Crippen LogP contribution in [-0.4, -0.2) is 17.2 Å². The maximum atomic E-state index is 12.3. The lowest BCUT2D eigenvalue weighted by molar-refractivity contribution is -0.151. The van der Waals surface area contributed by atoms with Crippen molar-refractivity contribution in [2.24, 2.45) is 0 Å². The van der Waals surface area contributed by atoms with Crippen LogP contribution in [0.4, 0.5) is 13.3 Å². The number of hydrogen-bond acceptors (Lipinski definition) is 1. The van der Waals surface area contributed by atoms with E-state index in [0.717, 1.165) is 0 Å². The highest BCUT2D eigenvalue weighted by Crippen LogP contribution is 2.20. The van der Waals surface area contributed by atoms with Gasteiger partial charge in [-0.25, -0.2) is 0 Å². The van der Waals surface area contributed by atoms with Gasteiger partial charge in [0.05, 0.1) is 0 Å². The van der Waals surface area contributed by atoms with E-state index < -0.39 is 18.3 Å². The summed E-state index contributed by atoms with van der Waals surface area (Å²) in [6, 6.07) is 0. The normalized spacial score (nSPS) is 11.3. The van der Waals surface area contributed by atoms with E-state index >= 15 is 0 Å². The van der Waals surface area contributed by atoms with Gasteiger partial charge in [-0.2, -0.15) is 14.3 Å². The third kappa shape index (κ3) is 3.60. The largest absolute Gasteiger partial charge is 0.327 e. The minimum absolute atomic E-state index is 0.125. The summed E-state index contributed by atoms with van der Waals surface area (Å²) in [7, 11) is 0. The first-order valence-electron chi connectivity index (χ1n) is 2.89. The number of hydrogen-bond donors (Lipinski definition) is 1. The molecule has 0 saturated heterocycles. The van der Waals surface area contributed by atoms with Gasteiger partial charge in [0.15, 0.2) is 0 Å². The fourth-order valence-electron chi connectivity index (χ4n) is 0.471. The molecule has 11 heavy (non-hydrogen) atoms. The summed E-state index contributed by atoms with van der Waals surface area (Å²) < 4.78 is 35.9. The second-order valence-electron chi connectivity index (χ2n) is 1.92. The summed E-state index contributed by atoms with van der Waals surface area (Å²) in [6.45, 7) is 0. The summed E-state index contributed by atoms with van der Waals surface area (Å²) in [6.07, 6.45) is -0.519. The fraction of sp³-hybridized carbons (Fsp3) is 0.800. The first-order chi connectivity index (χ1) is 5.04.